The van der Waals surface area contributed by atoms with E-state index in [0.717, 1.165) is 0 Å². The number of rotatable bonds is 5. The highest BCUT2D eigenvalue weighted by atomic mass is 32.1. The van der Waals surface area contributed by atoms with Crippen LogP contribution in [-0.4, -0.2) is 16.7 Å². The molecule has 0 atom stereocenters. The van der Waals surface area contributed by atoms with E-state index in [0.29, 0.717) is 10.6 Å². The van der Waals surface area contributed by atoms with Crippen LogP contribution in [0.5, 0.6) is 0 Å². The second-order valence-corrected chi connectivity index (χ2v) is 10.7. The van der Waals surface area contributed by atoms with Crippen LogP contribution in [0.4, 0.5) is 0 Å². The van der Waals surface area contributed by atoms with E-state index in [4.69, 9.17) is 12.2 Å². The lowest BCUT2D eigenvalue weighted by Gasteiger charge is -2.29. The van der Waals surface area contributed by atoms with Crippen molar-refractivity contribution in [3.63, 3.8) is 0 Å². The van der Waals surface area contributed by atoms with Crippen LogP contribution in [0.15, 0.2) is 121 Å². The molecule has 31 heavy (non-hydrogen) atoms. The summed E-state index contributed by atoms with van der Waals surface area (Å²) >= 11 is 5.72. The van der Waals surface area contributed by atoms with Crippen LogP contribution in [0, 0.1) is 0 Å². The van der Waals surface area contributed by atoms with Gasteiger partial charge in [0.1, 0.15) is 4.99 Å². The zero-order valence-corrected chi connectivity index (χ0v) is 18.6. The third kappa shape index (κ3) is 4.59. The fourth-order valence-electron chi connectivity index (χ4n) is 3.64. The minimum absolute atomic E-state index is 0.200. The molecule has 152 valence electrons. The SMILES string of the molecule is O=C(NC(=S)C=P(c1ccccc1)(c1ccccc1)c1ccccc1)c1ccccc1. The molecule has 0 bridgehead atoms. The fourth-order valence-corrected chi connectivity index (χ4v) is 7.89. The molecule has 4 aromatic carbocycles. The summed E-state index contributed by atoms with van der Waals surface area (Å²) in [4.78, 5) is 13.2. The number of nitrogens with one attached hydrogen (secondary N) is 1. The predicted molar refractivity (Wildman–Crippen MR) is 138 cm³/mol. The van der Waals surface area contributed by atoms with Gasteiger partial charge in [0, 0.05) is 5.56 Å². The lowest BCUT2D eigenvalue weighted by Crippen LogP contribution is -2.34. The Balaban J connectivity index is 1.89. The van der Waals surface area contributed by atoms with E-state index in [1.165, 1.54) is 15.9 Å². The standard InChI is InChI=1S/C27H22NOPS/c29-27(22-13-5-1-6-14-22)28-26(31)21-30(23-15-7-2-8-16-23,24-17-9-3-10-18-24)25-19-11-4-12-20-25/h1-21H,(H,28,29,31). The average Bonchev–Trinajstić information content (AvgIpc) is 2.85. The zero-order chi connectivity index (χ0) is 21.5. The summed E-state index contributed by atoms with van der Waals surface area (Å²) in [6.07, 6.45) is 0. The van der Waals surface area contributed by atoms with Gasteiger partial charge in [0.15, 0.2) is 0 Å². The molecule has 0 fully saturated rings. The average molecular weight is 440 g/mol. The second-order valence-electron chi connectivity index (χ2n) is 7.04. The lowest BCUT2D eigenvalue weighted by atomic mass is 10.2. The second kappa shape index (κ2) is 9.70. The zero-order valence-electron chi connectivity index (χ0n) is 16.9. The molecule has 0 unspecified atom stereocenters. The van der Waals surface area contributed by atoms with Crippen LogP contribution in [0.25, 0.3) is 0 Å². The quantitative estimate of drug-likeness (QED) is 0.365. The van der Waals surface area contributed by atoms with E-state index in [2.05, 4.69) is 83.9 Å². The van der Waals surface area contributed by atoms with Gasteiger partial charge >= 0.3 is 0 Å². The Morgan fingerprint density at radius 3 is 1.35 bits per heavy atom. The first kappa shape index (κ1) is 21.0. The van der Waals surface area contributed by atoms with Crippen molar-refractivity contribution in [2.75, 3.05) is 0 Å². The van der Waals surface area contributed by atoms with Crippen LogP contribution >= 0.6 is 19.1 Å². The Kier molecular flexibility index (Phi) is 6.57. The van der Waals surface area contributed by atoms with Gasteiger partial charge in [-0.3, -0.25) is 4.79 Å². The summed E-state index contributed by atoms with van der Waals surface area (Å²) in [7, 11) is 0. The first-order valence-electron chi connectivity index (χ1n) is 10.0. The number of carbonyl (C=O) groups excluding carboxylic acids is 1. The molecule has 0 heterocycles. The summed E-state index contributed by atoms with van der Waals surface area (Å²) in [5.74, 6) is 1.89. The molecule has 0 radical (unpaired) electrons. The van der Waals surface area contributed by atoms with Crippen LogP contribution < -0.4 is 21.2 Å². The van der Waals surface area contributed by atoms with Crippen molar-refractivity contribution in [3.05, 3.63) is 127 Å². The Morgan fingerprint density at radius 1 is 0.613 bits per heavy atom. The molecule has 4 heteroatoms. The topological polar surface area (TPSA) is 29.1 Å². The van der Waals surface area contributed by atoms with Crippen LogP contribution in [0.2, 0.25) is 0 Å². The molecular formula is C27H22NOPS. The van der Waals surface area contributed by atoms with E-state index < -0.39 is 6.89 Å². The molecule has 4 rings (SSSR count). The molecular weight excluding hydrogens is 417 g/mol. The molecule has 0 aliphatic heterocycles. The molecule has 0 spiro atoms. The summed E-state index contributed by atoms with van der Waals surface area (Å²) in [6.45, 7) is -2.24. The number of hydrogen-bond acceptors (Lipinski definition) is 2. The Morgan fingerprint density at radius 2 is 0.968 bits per heavy atom. The van der Waals surface area contributed by atoms with Crippen molar-refractivity contribution in [2.24, 2.45) is 0 Å². The lowest BCUT2D eigenvalue weighted by molar-refractivity contribution is 0.0978. The minimum Gasteiger partial charge on any atom is -0.313 e. The van der Waals surface area contributed by atoms with Gasteiger partial charge in [-0.1, -0.05) is 121 Å². The molecule has 1 amide bonds. The largest absolute Gasteiger partial charge is 0.313 e. The van der Waals surface area contributed by atoms with E-state index in [1.54, 1.807) is 12.1 Å². The van der Waals surface area contributed by atoms with Crippen LogP contribution in [0.3, 0.4) is 0 Å². The van der Waals surface area contributed by atoms with Gasteiger partial charge in [0.05, 0.1) is 0 Å². The first-order chi connectivity index (χ1) is 15.2. The highest BCUT2D eigenvalue weighted by Crippen LogP contribution is 2.43. The number of thiocarbonyl (C=S) groups is 1. The molecule has 2 nitrogen and oxygen atoms in total. The Bertz CT molecular complexity index is 1120. The summed E-state index contributed by atoms with van der Waals surface area (Å²) in [5, 5.41) is 6.48. The molecule has 0 aliphatic rings. The van der Waals surface area contributed by atoms with Crippen molar-refractivity contribution in [2.45, 2.75) is 0 Å². The molecule has 4 aromatic rings. The van der Waals surface area contributed by atoms with Crippen LogP contribution in [0.1, 0.15) is 10.4 Å². The van der Waals surface area contributed by atoms with E-state index in [9.17, 15) is 4.79 Å². The third-order valence-electron chi connectivity index (χ3n) is 5.07. The first-order valence-corrected chi connectivity index (χ1v) is 12.3. The van der Waals surface area contributed by atoms with E-state index in [-0.39, 0.29) is 5.91 Å². The maximum absolute atomic E-state index is 12.7. The van der Waals surface area contributed by atoms with Crippen molar-refractivity contribution in [1.82, 2.24) is 5.32 Å². The third-order valence-corrected chi connectivity index (χ3v) is 9.45. The summed E-state index contributed by atoms with van der Waals surface area (Å²) in [6, 6.07) is 40.4. The van der Waals surface area contributed by atoms with Gasteiger partial charge in [0.2, 0.25) is 0 Å². The number of benzene rings is 4. The maximum Gasteiger partial charge on any atom is 0.256 e. The molecule has 0 aliphatic carbocycles. The predicted octanol–water partition coefficient (Wildman–Crippen LogP) is 4.54. The van der Waals surface area contributed by atoms with Gasteiger partial charge in [-0.25, -0.2) is 0 Å². The minimum atomic E-state index is -2.24. The van der Waals surface area contributed by atoms with Gasteiger partial charge in [-0.05, 0) is 40.7 Å². The Hall–Kier alpha value is -3.26. The summed E-state index contributed by atoms with van der Waals surface area (Å²) < 4.78 is 0. The maximum atomic E-state index is 12.7. The highest BCUT2D eigenvalue weighted by Gasteiger charge is 2.25. The normalized spacial score (nSPS) is 10.8. The highest BCUT2D eigenvalue weighted by molar-refractivity contribution is 7.97. The van der Waals surface area contributed by atoms with Gasteiger partial charge < -0.3 is 5.32 Å². The molecule has 1 N–H and O–H groups in total. The van der Waals surface area contributed by atoms with Gasteiger partial charge in [-0.2, -0.15) is 0 Å². The Labute approximate surface area is 188 Å². The molecule has 0 saturated heterocycles. The van der Waals surface area contributed by atoms with Crippen molar-refractivity contribution in [3.8, 4) is 0 Å². The van der Waals surface area contributed by atoms with E-state index >= 15 is 0 Å². The fraction of sp³-hybridized carbons (Fsp3) is 0. The monoisotopic (exact) mass is 439 g/mol. The van der Waals surface area contributed by atoms with E-state index in [1.807, 2.05) is 36.4 Å². The number of hydrogen-bond donors (Lipinski definition) is 1. The van der Waals surface area contributed by atoms with Gasteiger partial charge in [0.25, 0.3) is 5.91 Å². The van der Waals surface area contributed by atoms with Gasteiger partial charge in [-0.15, -0.1) is 0 Å². The van der Waals surface area contributed by atoms with Crippen LogP contribution in [-0.2, 0) is 0 Å². The van der Waals surface area contributed by atoms with Crippen molar-refractivity contribution < 1.29 is 4.79 Å². The molecule has 0 aromatic heterocycles. The molecule has 0 saturated carbocycles. The number of carbonyl (C=O) groups is 1. The van der Waals surface area contributed by atoms with Crippen molar-refractivity contribution in [1.29, 1.82) is 0 Å². The van der Waals surface area contributed by atoms with Crippen molar-refractivity contribution >= 4 is 51.7 Å². The summed E-state index contributed by atoms with van der Waals surface area (Å²) in [5.41, 5.74) is 0.585. The number of amides is 1. The smallest absolute Gasteiger partial charge is 0.256 e.